The van der Waals surface area contributed by atoms with E-state index in [2.05, 4.69) is 38.5 Å². The van der Waals surface area contributed by atoms with Crippen molar-refractivity contribution >= 4 is 44.1 Å². The molecule has 0 aliphatic carbocycles. The number of benzene rings is 3. The predicted octanol–water partition coefficient (Wildman–Crippen LogP) is 5.98. The van der Waals surface area contributed by atoms with Gasteiger partial charge < -0.3 is 25.0 Å². The number of hydrogen-bond acceptors (Lipinski definition) is 4. The first-order valence-corrected chi connectivity index (χ1v) is 11.6. The molecule has 1 saturated heterocycles. The van der Waals surface area contributed by atoms with E-state index in [1.54, 1.807) is 7.11 Å². The fourth-order valence-corrected chi connectivity index (χ4v) is 4.32. The highest BCUT2D eigenvalue weighted by Gasteiger charge is 2.18. The Morgan fingerprint density at radius 3 is 2.50 bits per heavy atom. The van der Waals surface area contributed by atoms with E-state index >= 15 is 0 Å². The molecule has 0 spiro atoms. The van der Waals surface area contributed by atoms with Gasteiger partial charge in [-0.1, -0.05) is 24.3 Å². The van der Waals surface area contributed by atoms with E-state index in [9.17, 15) is 4.79 Å². The van der Waals surface area contributed by atoms with Crippen molar-refractivity contribution in [1.29, 1.82) is 0 Å². The number of halogens is 1. The molecule has 3 aromatic rings. The normalized spacial score (nSPS) is 14.8. The summed E-state index contributed by atoms with van der Waals surface area (Å²) < 4.78 is 12.6. The van der Waals surface area contributed by atoms with Crippen molar-refractivity contribution in [3.8, 4) is 11.5 Å². The molecule has 7 heteroatoms. The van der Waals surface area contributed by atoms with Gasteiger partial charge in [0.05, 0.1) is 25.1 Å². The van der Waals surface area contributed by atoms with Gasteiger partial charge in [-0.3, -0.25) is 0 Å². The van der Waals surface area contributed by atoms with Gasteiger partial charge >= 0.3 is 6.03 Å². The van der Waals surface area contributed by atoms with Gasteiger partial charge in [-0.05, 0) is 90.5 Å². The molecule has 0 aromatic heterocycles. The third kappa shape index (κ3) is 5.34. The Kier molecular flexibility index (Phi) is 7.17. The number of fused-ring (bicyclic) bond motifs is 1. The number of urea groups is 1. The summed E-state index contributed by atoms with van der Waals surface area (Å²) in [7, 11) is 3.80. The number of likely N-dealkylation sites (tertiary alicyclic amines) is 1. The predicted molar refractivity (Wildman–Crippen MR) is 133 cm³/mol. The zero-order chi connectivity index (χ0) is 22.5. The summed E-state index contributed by atoms with van der Waals surface area (Å²) in [6.07, 6.45) is 2.29. The van der Waals surface area contributed by atoms with Gasteiger partial charge in [0, 0.05) is 9.86 Å². The highest BCUT2D eigenvalue weighted by Crippen LogP contribution is 2.36. The van der Waals surface area contributed by atoms with Crippen molar-refractivity contribution in [2.75, 3.05) is 44.5 Å². The van der Waals surface area contributed by atoms with Gasteiger partial charge in [-0.15, -0.1) is 0 Å². The average molecular weight is 498 g/mol. The van der Waals surface area contributed by atoms with Crippen LogP contribution >= 0.6 is 15.9 Å². The zero-order valence-electron chi connectivity index (χ0n) is 18.4. The number of methoxy groups -OCH3 is 1. The Balaban J connectivity index is 1.51. The molecular formula is C25H28BrN3O3. The Bertz CT molecular complexity index is 1100. The summed E-state index contributed by atoms with van der Waals surface area (Å²) >= 11 is 3.45. The first-order chi connectivity index (χ1) is 15.5. The van der Waals surface area contributed by atoms with E-state index in [0.29, 0.717) is 29.6 Å². The molecule has 0 radical (unpaired) electrons. The number of carbonyl (C=O) groups excluding carboxylic acids is 1. The number of rotatable bonds is 6. The Morgan fingerprint density at radius 1 is 1.03 bits per heavy atom. The molecule has 32 heavy (non-hydrogen) atoms. The van der Waals surface area contributed by atoms with Crippen molar-refractivity contribution in [3.05, 3.63) is 59.1 Å². The van der Waals surface area contributed by atoms with Gasteiger partial charge in [-0.25, -0.2) is 4.79 Å². The summed E-state index contributed by atoms with van der Waals surface area (Å²) in [5, 5.41) is 7.68. The minimum Gasteiger partial charge on any atom is -0.493 e. The van der Waals surface area contributed by atoms with Crippen LogP contribution in [0.2, 0.25) is 0 Å². The molecule has 1 heterocycles. The lowest BCUT2D eigenvalue weighted by molar-refractivity contribution is 0.157. The number of nitrogens with one attached hydrogen (secondary N) is 2. The van der Waals surface area contributed by atoms with E-state index in [1.165, 1.54) is 0 Å². The Labute approximate surface area is 197 Å². The fraction of sp³-hybridized carbons (Fsp3) is 0.320. The number of para-hydroxylation sites is 1. The molecule has 168 valence electrons. The maximum Gasteiger partial charge on any atom is 0.323 e. The molecule has 6 nitrogen and oxygen atoms in total. The van der Waals surface area contributed by atoms with Crippen LogP contribution in [0.15, 0.2) is 59.1 Å². The van der Waals surface area contributed by atoms with Crippen LogP contribution in [-0.2, 0) is 0 Å². The second kappa shape index (κ2) is 10.2. The van der Waals surface area contributed by atoms with E-state index in [0.717, 1.165) is 46.9 Å². The van der Waals surface area contributed by atoms with Crippen LogP contribution in [0.3, 0.4) is 0 Å². The second-order valence-electron chi connectivity index (χ2n) is 8.15. The largest absolute Gasteiger partial charge is 0.493 e. The third-order valence-corrected chi connectivity index (χ3v) is 6.54. The highest BCUT2D eigenvalue weighted by atomic mass is 79.9. The van der Waals surface area contributed by atoms with Crippen molar-refractivity contribution in [1.82, 2.24) is 4.90 Å². The number of nitrogens with zero attached hydrogens (tertiary/aromatic N) is 1. The lowest BCUT2D eigenvalue weighted by Crippen LogP contribution is -2.32. The lowest BCUT2D eigenvalue weighted by atomic mass is 9.98. The van der Waals surface area contributed by atoms with Crippen LogP contribution in [0.1, 0.15) is 12.8 Å². The van der Waals surface area contributed by atoms with Crippen molar-refractivity contribution < 1.29 is 14.3 Å². The van der Waals surface area contributed by atoms with Crippen LogP contribution in [0, 0.1) is 5.92 Å². The summed E-state index contributed by atoms with van der Waals surface area (Å²) in [5.74, 6) is 1.94. The number of hydrogen-bond donors (Lipinski definition) is 2. The number of ether oxygens (including phenoxy) is 2. The second-order valence-corrected chi connectivity index (χ2v) is 9.00. The quantitative estimate of drug-likeness (QED) is 0.439. The molecule has 4 rings (SSSR count). The Hall–Kier alpha value is -2.77. The molecule has 2 N–H and O–H groups in total. The summed E-state index contributed by atoms with van der Waals surface area (Å²) in [6.45, 7) is 2.90. The minimum absolute atomic E-state index is 0.314. The summed E-state index contributed by atoms with van der Waals surface area (Å²) in [5.41, 5.74) is 1.40. The van der Waals surface area contributed by atoms with Gasteiger partial charge in [0.1, 0.15) is 0 Å². The van der Waals surface area contributed by atoms with Crippen LogP contribution in [0.5, 0.6) is 11.5 Å². The molecule has 0 bridgehead atoms. The zero-order valence-corrected chi connectivity index (χ0v) is 19.9. The first kappa shape index (κ1) is 22.4. The molecule has 1 fully saturated rings. The van der Waals surface area contributed by atoms with E-state index < -0.39 is 0 Å². The van der Waals surface area contributed by atoms with E-state index in [-0.39, 0.29) is 6.03 Å². The lowest BCUT2D eigenvalue weighted by Gasteiger charge is -2.29. The molecule has 0 atom stereocenters. The van der Waals surface area contributed by atoms with Gasteiger partial charge in [-0.2, -0.15) is 0 Å². The molecule has 1 aliphatic rings. The first-order valence-electron chi connectivity index (χ1n) is 10.8. The van der Waals surface area contributed by atoms with E-state index in [1.807, 2.05) is 54.6 Å². The Morgan fingerprint density at radius 2 is 1.75 bits per heavy atom. The SMILES string of the molecule is COc1cc2c(NC(=O)Nc3ccccc3Br)cccc2cc1OCC1CCN(C)CC1. The molecule has 2 amide bonds. The molecular weight excluding hydrogens is 470 g/mol. The molecule has 0 unspecified atom stereocenters. The molecule has 3 aromatic carbocycles. The maximum absolute atomic E-state index is 12.6. The highest BCUT2D eigenvalue weighted by molar-refractivity contribution is 9.10. The molecule has 0 saturated carbocycles. The summed E-state index contributed by atoms with van der Waals surface area (Å²) in [4.78, 5) is 15.0. The van der Waals surface area contributed by atoms with Crippen molar-refractivity contribution in [3.63, 3.8) is 0 Å². The van der Waals surface area contributed by atoms with Crippen LogP contribution in [0.25, 0.3) is 10.8 Å². The minimum atomic E-state index is -0.314. The van der Waals surface area contributed by atoms with E-state index in [4.69, 9.17) is 9.47 Å². The maximum atomic E-state index is 12.6. The number of amides is 2. The van der Waals surface area contributed by atoms with Crippen molar-refractivity contribution in [2.45, 2.75) is 12.8 Å². The van der Waals surface area contributed by atoms with Crippen molar-refractivity contribution in [2.24, 2.45) is 5.92 Å². The van der Waals surface area contributed by atoms with Gasteiger partial charge in [0.2, 0.25) is 0 Å². The number of carbonyl (C=O) groups is 1. The standard InChI is InChI=1S/C25H28BrN3O3/c1-29-12-10-17(11-13-29)16-32-24-14-18-6-5-9-21(19(18)15-23(24)31-2)27-25(30)28-22-8-4-3-7-20(22)26/h3-9,14-15,17H,10-13,16H2,1-2H3,(H2,27,28,30). The monoisotopic (exact) mass is 497 g/mol. The van der Waals surface area contributed by atoms with Crippen LogP contribution in [-0.4, -0.2) is 44.8 Å². The number of anilines is 2. The van der Waals surface area contributed by atoms with Gasteiger partial charge in [0.15, 0.2) is 11.5 Å². The van der Waals surface area contributed by atoms with Gasteiger partial charge in [0.25, 0.3) is 0 Å². The third-order valence-electron chi connectivity index (χ3n) is 5.85. The smallest absolute Gasteiger partial charge is 0.323 e. The van der Waals surface area contributed by atoms with Crippen LogP contribution < -0.4 is 20.1 Å². The molecule has 1 aliphatic heterocycles. The van der Waals surface area contributed by atoms with Crippen LogP contribution in [0.4, 0.5) is 16.2 Å². The average Bonchev–Trinajstić information content (AvgIpc) is 2.80. The fourth-order valence-electron chi connectivity index (χ4n) is 3.94. The number of piperidine rings is 1. The summed E-state index contributed by atoms with van der Waals surface area (Å²) in [6, 6.07) is 16.9. The topological polar surface area (TPSA) is 62.8 Å².